The van der Waals surface area contributed by atoms with Crippen molar-refractivity contribution in [1.82, 2.24) is 0 Å². The molecule has 0 saturated carbocycles. The molecule has 0 saturated heterocycles. The number of alkyl halides is 1. The standard InChI is InChI=1S/C10H13IO/c1-8-3-5-9(6-4-8)10(7-11)12-2/h3-6,10H,7H2,1-2H3. The Bertz CT molecular complexity index is 226. The zero-order valence-corrected chi connectivity index (χ0v) is 9.54. The van der Waals surface area contributed by atoms with Crippen molar-refractivity contribution in [2.24, 2.45) is 0 Å². The highest BCUT2D eigenvalue weighted by Gasteiger charge is 2.06. The van der Waals surface area contributed by atoms with Crippen LogP contribution in [0.3, 0.4) is 0 Å². The lowest BCUT2D eigenvalue weighted by atomic mass is 10.1. The first-order valence-electron chi connectivity index (χ1n) is 3.93. The van der Waals surface area contributed by atoms with E-state index in [2.05, 4.69) is 53.8 Å². The molecule has 12 heavy (non-hydrogen) atoms. The molecule has 0 N–H and O–H groups in total. The van der Waals surface area contributed by atoms with Gasteiger partial charge >= 0.3 is 0 Å². The number of aryl methyl sites for hydroxylation is 1. The van der Waals surface area contributed by atoms with Crippen LogP contribution in [0, 0.1) is 6.92 Å². The number of methoxy groups -OCH3 is 1. The number of rotatable bonds is 3. The van der Waals surface area contributed by atoms with Crippen LogP contribution in [0.2, 0.25) is 0 Å². The Balaban J connectivity index is 2.80. The van der Waals surface area contributed by atoms with Crippen LogP contribution in [0.4, 0.5) is 0 Å². The highest BCUT2D eigenvalue weighted by molar-refractivity contribution is 14.1. The lowest BCUT2D eigenvalue weighted by molar-refractivity contribution is 0.126. The molecule has 0 radical (unpaired) electrons. The lowest BCUT2D eigenvalue weighted by Gasteiger charge is -2.12. The molecule has 1 nitrogen and oxygen atoms in total. The van der Waals surface area contributed by atoms with Gasteiger partial charge in [-0.25, -0.2) is 0 Å². The van der Waals surface area contributed by atoms with Crippen molar-refractivity contribution in [1.29, 1.82) is 0 Å². The van der Waals surface area contributed by atoms with E-state index in [1.54, 1.807) is 7.11 Å². The molecule has 0 heterocycles. The molecule has 1 unspecified atom stereocenters. The molecule has 2 heteroatoms. The Morgan fingerprint density at radius 2 is 1.92 bits per heavy atom. The Morgan fingerprint density at radius 3 is 2.33 bits per heavy atom. The van der Waals surface area contributed by atoms with Gasteiger partial charge in [-0.3, -0.25) is 0 Å². The normalized spacial score (nSPS) is 12.9. The van der Waals surface area contributed by atoms with Crippen LogP contribution in [0.15, 0.2) is 24.3 Å². The molecule has 66 valence electrons. The minimum Gasteiger partial charge on any atom is -0.376 e. The number of ether oxygens (including phenoxy) is 1. The van der Waals surface area contributed by atoms with Gasteiger partial charge in [0, 0.05) is 11.5 Å². The van der Waals surface area contributed by atoms with Gasteiger partial charge in [0.05, 0.1) is 6.10 Å². The Kier molecular flexibility index (Phi) is 4.01. The maximum Gasteiger partial charge on any atom is 0.0910 e. The molecule has 0 bridgehead atoms. The first kappa shape index (κ1) is 9.99. The second-order valence-corrected chi connectivity index (χ2v) is 3.67. The average molecular weight is 276 g/mol. The predicted molar refractivity (Wildman–Crippen MR) is 59.8 cm³/mol. The average Bonchev–Trinajstić information content (AvgIpc) is 2.10. The SMILES string of the molecule is COC(CI)c1ccc(C)cc1. The van der Waals surface area contributed by atoms with E-state index in [0.29, 0.717) is 0 Å². The van der Waals surface area contributed by atoms with Crippen LogP contribution >= 0.6 is 22.6 Å². The van der Waals surface area contributed by atoms with Crippen molar-refractivity contribution in [3.63, 3.8) is 0 Å². The third-order valence-electron chi connectivity index (χ3n) is 1.87. The lowest BCUT2D eigenvalue weighted by Crippen LogP contribution is -2.01. The fraction of sp³-hybridized carbons (Fsp3) is 0.400. The van der Waals surface area contributed by atoms with Gasteiger partial charge in [-0.05, 0) is 12.5 Å². The smallest absolute Gasteiger partial charge is 0.0910 e. The molecular formula is C10H13IO. The van der Waals surface area contributed by atoms with Gasteiger partial charge in [-0.15, -0.1) is 0 Å². The minimum absolute atomic E-state index is 0.242. The van der Waals surface area contributed by atoms with Crippen LogP contribution in [-0.4, -0.2) is 11.5 Å². The summed E-state index contributed by atoms with van der Waals surface area (Å²) in [6.07, 6.45) is 0.242. The van der Waals surface area contributed by atoms with Gasteiger partial charge in [-0.1, -0.05) is 52.4 Å². The van der Waals surface area contributed by atoms with Crippen molar-refractivity contribution in [3.8, 4) is 0 Å². The molecule has 1 atom stereocenters. The van der Waals surface area contributed by atoms with Crippen LogP contribution in [0.1, 0.15) is 17.2 Å². The summed E-state index contributed by atoms with van der Waals surface area (Å²) in [5.41, 5.74) is 2.56. The van der Waals surface area contributed by atoms with Gasteiger partial charge in [0.25, 0.3) is 0 Å². The van der Waals surface area contributed by atoms with E-state index in [1.165, 1.54) is 11.1 Å². The highest BCUT2D eigenvalue weighted by Crippen LogP contribution is 2.19. The van der Waals surface area contributed by atoms with E-state index in [4.69, 9.17) is 4.74 Å². The monoisotopic (exact) mass is 276 g/mol. The van der Waals surface area contributed by atoms with E-state index < -0.39 is 0 Å². The van der Waals surface area contributed by atoms with E-state index in [0.717, 1.165) is 4.43 Å². The molecule has 0 aliphatic heterocycles. The van der Waals surface area contributed by atoms with Crippen LogP contribution in [0.5, 0.6) is 0 Å². The fourth-order valence-corrected chi connectivity index (χ4v) is 1.94. The predicted octanol–water partition coefficient (Wildman–Crippen LogP) is 3.12. The van der Waals surface area contributed by atoms with Crippen LogP contribution in [0.25, 0.3) is 0 Å². The molecule has 1 rings (SSSR count). The van der Waals surface area contributed by atoms with Crippen molar-refractivity contribution in [2.45, 2.75) is 13.0 Å². The summed E-state index contributed by atoms with van der Waals surface area (Å²) in [6, 6.07) is 8.49. The summed E-state index contributed by atoms with van der Waals surface area (Å²) in [5, 5.41) is 0. The third kappa shape index (κ3) is 2.45. The summed E-state index contributed by atoms with van der Waals surface area (Å²) in [4.78, 5) is 0. The van der Waals surface area contributed by atoms with E-state index in [9.17, 15) is 0 Å². The van der Waals surface area contributed by atoms with Crippen LogP contribution in [-0.2, 0) is 4.74 Å². The van der Waals surface area contributed by atoms with Gasteiger partial charge in [-0.2, -0.15) is 0 Å². The zero-order valence-electron chi connectivity index (χ0n) is 7.38. The van der Waals surface area contributed by atoms with E-state index in [-0.39, 0.29) is 6.10 Å². The fourth-order valence-electron chi connectivity index (χ4n) is 1.07. The molecule has 0 aliphatic carbocycles. The third-order valence-corrected chi connectivity index (χ3v) is 2.67. The molecule has 1 aromatic carbocycles. The number of hydrogen-bond donors (Lipinski definition) is 0. The molecule has 0 amide bonds. The van der Waals surface area contributed by atoms with Crippen molar-refractivity contribution < 1.29 is 4.74 Å². The van der Waals surface area contributed by atoms with Crippen molar-refractivity contribution in [3.05, 3.63) is 35.4 Å². The van der Waals surface area contributed by atoms with Gasteiger partial charge < -0.3 is 4.74 Å². The zero-order chi connectivity index (χ0) is 8.97. The summed E-state index contributed by atoms with van der Waals surface area (Å²) in [5.74, 6) is 0. The number of halogens is 1. The summed E-state index contributed by atoms with van der Waals surface area (Å²) in [6.45, 7) is 2.09. The van der Waals surface area contributed by atoms with Gasteiger partial charge in [0.1, 0.15) is 0 Å². The summed E-state index contributed by atoms with van der Waals surface area (Å²) >= 11 is 2.34. The minimum atomic E-state index is 0.242. The molecule has 1 aromatic rings. The molecule has 0 aliphatic rings. The Labute approximate surface area is 87.3 Å². The second-order valence-electron chi connectivity index (χ2n) is 2.79. The Morgan fingerprint density at radius 1 is 1.33 bits per heavy atom. The molecular weight excluding hydrogens is 263 g/mol. The quantitative estimate of drug-likeness (QED) is 0.609. The van der Waals surface area contributed by atoms with Gasteiger partial charge in [0.15, 0.2) is 0 Å². The maximum absolute atomic E-state index is 5.32. The summed E-state index contributed by atoms with van der Waals surface area (Å²) < 4.78 is 6.32. The molecule has 0 aromatic heterocycles. The topological polar surface area (TPSA) is 9.23 Å². The van der Waals surface area contributed by atoms with E-state index >= 15 is 0 Å². The van der Waals surface area contributed by atoms with Crippen molar-refractivity contribution >= 4 is 22.6 Å². The Hall–Kier alpha value is -0.0900. The first-order chi connectivity index (χ1) is 5.77. The molecule has 0 fully saturated rings. The molecule has 0 spiro atoms. The van der Waals surface area contributed by atoms with Crippen LogP contribution < -0.4 is 0 Å². The number of hydrogen-bond acceptors (Lipinski definition) is 1. The van der Waals surface area contributed by atoms with Crippen molar-refractivity contribution in [2.75, 3.05) is 11.5 Å². The largest absolute Gasteiger partial charge is 0.376 e. The second kappa shape index (κ2) is 4.82. The van der Waals surface area contributed by atoms with Gasteiger partial charge in [0.2, 0.25) is 0 Å². The maximum atomic E-state index is 5.32. The summed E-state index contributed by atoms with van der Waals surface area (Å²) in [7, 11) is 1.75. The highest BCUT2D eigenvalue weighted by atomic mass is 127. The number of benzene rings is 1. The first-order valence-corrected chi connectivity index (χ1v) is 5.46. The van der Waals surface area contributed by atoms with E-state index in [1.807, 2.05) is 0 Å².